The van der Waals surface area contributed by atoms with E-state index in [0.29, 0.717) is 39.7 Å². The first-order valence-corrected chi connectivity index (χ1v) is 12.4. The van der Waals surface area contributed by atoms with E-state index >= 15 is 0 Å². The van der Waals surface area contributed by atoms with Gasteiger partial charge in [-0.15, -0.1) is 0 Å². The summed E-state index contributed by atoms with van der Waals surface area (Å²) < 4.78 is 17.9. The van der Waals surface area contributed by atoms with Gasteiger partial charge in [-0.3, -0.25) is 14.2 Å². The second kappa shape index (κ2) is 9.87. The summed E-state index contributed by atoms with van der Waals surface area (Å²) in [5.74, 6) is 1.53. The number of rotatable bonds is 8. The Kier molecular flexibility index (Phi) is 6.50. The molecule has 1 atom stereocenters. The van der Waals surface area contributed by atoms with Gasteiger partial charge in [0.1, 0.15) is 5.76 Å². The van der Waals surface area contributed by atoms with Gasteiger partial charge in [0.25, 0.3) is 5.56 Å². The van der Waals surface area contributed by atoms with Crippen LogP contribution in [0.5, 0.6) is 11.5 Å². The summed E-state index contributed by atoms with van der Waals surface area (Å²) in [4.78, 5) is 31.4. The minimum absolute atomic E-state index is 0.102. The van der Waals surface area contributed by atoms with Gasteiger partial charge in [0.2, 0.25) is 12.7 Å². The number of anilines is 1. The van der Waals surface area contributed by atoms with Crippen LogP contribution in [-0.2, 0) is 17.8 Å². The number of fused-ring (bicyclic) bond motifs is 2. The Balaban J connectivity index is 1.49. The lowest BCUT2D eigenvalue weighted by Gasteiger charge is -2.18. The first-order chi connectivity index (χ1) is 17.1. The van der Waals surface area contributed by atoms with Crippen LogP contribution in [0.1, 0.15) is 31.6 Å². The van der Waals surface area contributed by atoms with Crippen LogP contribution < -0.4 is 20.3 Å². The summed E-state index contributed by atoms with van der Waals surface area (Å²) >= 11 is 1.26. The van der Waals surface area contributed by atoms with Crippen LogP contribution >= 0.6 is 11.8 Å². The highest BCUT2D eigenvalue weighted by atomic mass is 32.2. The molecule has 4 aromatic rings. The molecule has 0 saturated carbocycles. The minimum Gasteiger partial charge on any atom is -0.467 e. The van der Waals surface area contributed by atoms with Crippen molar-refractivity contribution < 1.29 is 18.7 Å². The molecule has 1 aliphatic rings. The number of hydrogen-bond donors (Lipinski definition) is 1. The SMILES string of the molecule is CCc1ccc(NC(=O)[C@H](CC)Sc2nc3cc4c(cc3c(=O)n2Cc2ccco2)OCO4)cc1. The summed E-state index contributed by atoms with van der Waals surface area (Å²) in [5, 5.41) is 3.38. The third-order valence-corrected chi connectivity index (χ3v) is 7.20. The molecule has 1 aliphatic heterocycles. The minimum atomic E-state index is -0.456. The molecule has 2 aromatic heterocycles. The molecule has 8 nitrogen and oxygen atoms in total. The normalized spacial score (nSPS) is 13.2. The number of benzene rings is 2. The number of carbonyl (C=O) groups excluding carboxylic acids is 1. The van der Waals surface area contributed by atoms with Crippen molar-refractivity contribution in [1.82, 2.24) is 9.55 Å². The molecule has 0 bridgehead atoms. The lowest BCUT2D eigenvalue weighted by Crippen LogP contribution is -2.28. The van der Waals surface area contributed by atoms with Crippen molar-refractivity contribution in [2.45, 2.75) is 43.6 Å². The molecule has 0 fully saturated rings. The number of hydrogen-bond acceptors (Lipinski definition) is 7. The molecule has 1 N–H and O–H groups in total. The van der Waals surface area contributed by atoms with Gasteiger partial charge in [0.05, 0.1) is 29.0 Å². The monoisotopic (exact) mass is 491 g/mol. The van der Waals surface area contributed by atoms with E-state index in [1.165, 1.54) is 17.3 Å². The summed E-state index contributed by atoms with van der Waals surface area (Å²) in [7, 11) is 0. The van der Waals surface area contributed by atoms with Gasteiger partial charge in [-0.1, -0.05) is 37.7 Å². The maximum atomic E-state index is 13.5. The molecule has 0 aliphatic carbocycles. The van der Waals surface area contributed by atoms with Gasteiger partial charge < -0.3 is 19.2 Å². The van der Waals surface area contributed by atoms with Crippen molar-refractivity contribution in [2.24, 2.45) is 0 Å². The zero-order valence-corrected chi connectivity index (χ0v) is 20.3. The first-order valence-electron chi connectivity index (χ1n) is 11.5. The average Bonchev–Trinajstić information content (AvgIpc) is 3.55. The molecule has 35 heavy (non-hydrogen) atoms. The zero-order chi connectivity index (χ0) is 24.4. The number of ether oxygens (including phenoxy) is 2. The van der Waals surface area contributed by atoms with Crippen molar-refractivity contribution in [3.8, 4) is 11.5 Å². The lowest BCUT2D eigenvalue weighted by molar-refractivity contribution is -0.115. The molecule has 0 saturated heterocycles. The predicted octanol–water partition coefficient (Wildman–Crippen LogP) is 4.84. The van der Waals surface area contributed by atoms with Crippen LogP contribution in [-0.4, -0.2) is 27.5 Å². The van der Waals surface area contributed by atoms with E-state index in [1.54, 1.807) is 35.1 Å². The smallest absolute Gasteiger partial charge is 0.262 e. The molecule has 0 radical (unpaired) electrons. The highest BCUT2D eigenvalue weighted by Crippen LogP contribution is 2.35. The molecular weight excluding hydrogens is 466 g/mol. The molecular formula is C26H25N3O5S. The van der Waals surface area contributed by atoms with Gasteiger partial charge >= 0.3 is 0 Å². The third kappa shape index (κ3) is 4.77. The van der Waals surface area contributed by atoms with Crippen LogP contribution in [0.4, 0.5) is 5.69 Å². The van der Waals surface area contributed by atoms with Crippen molar-refractivity contribution in [2.75, 3.05) is 12.1 Å². The van der Waals surface area contributed by atoms with E-state index in [0.717, 1.165) is 12.1 Å². The topological polar surface area (TPSA) is 95.6 Å². The molecule has 180 valence electrons. The van der Waals surface area contributed by atoms with E-state index in [1.807, 2.05) is 31.2 Å². The van der Waals surface area contributed by atoms with Gasteiger partial charge in [0.15, 0.2) is 16.7 Å². The van der Waals surface area contributed by atoms with E-state index < -0.39 is 5.25 Å². The van der Waals surface area contributed by atoms with Gasteiger partial charge in [0, 0.05) is 11.8 Å². The summed E-state index contributed by atoms with van der Waals surface area (Å²) in [5.41, 5.74) is 2.19. The molecule has 3 heterocycles. The van der Waals surface area contributed by atoms with Crippen molar-refractivity contribution in [1.29, 1.82) is 0 Å². The quantitative estimate of drug-likeness (QED) is 0.278. The molecule has 0 spiro atoms. The summed E-state index contributed by atoms with van der Waals surface area (Å²) in [6, 6.07) is 14.7. The van der Waals surface area contributed by atoms with Crippen LogP contribution in [0, 0.1) is 0 Å². The van der Waals surface area contributed by atoms with Gasteiger partial charge in [-0.25, -0.2) is 4.98 Å². The highest BCUT2D eigenvalue weighted by Gasteiger charge is 2.24. The number of aromatic nitrogens is 2. The fourth-order valence-electron chi connectivity index (χ4n) is 3.87. The van der Waals surface area contributed by atoms with E-state index in [9.17, 15) is 9.59 Å². The second-order valence-corrected chi connectivity index (χ2v) is 9.31. The van der Waals surface area contributed by atoms with Crippen LogP contribution in [0.2, 0.25) is 0 Å². The number of amides is 1. The fraction of sp³-hybridized carbons (Fsp3) is 0.269. The molecule has 0 unspecified atom stereocenters. The molecule has 5 rings (SSSR count). The lowest BCUT2D eigenvalue weighted by atomic mass is 10.1. The Hall–Kier alpha value is -3.72. The van der Waals surface area contributed by atoms with Gasteiger partial charge in [-0.05, 0) is 48.7 Å². The number of nitrogens with one attached hydrogen (secondary N) is 1. The summed E-state index contributed by atoms with van der Waals surface area (Å²) in [6.07, 6.45) is 3.05. The highest BCUT2D eigenvalue weighted by molar-refractivity contribution is 8.00. The number of furan rings is 1. The molecule has 1 amide bonds. The predicted molar refractivity (Wildman–Crippen MR) is 134 cm³/mol. The zero-order valence-electron chi connectivity index (χ0n) is 19.4. The molecule has 2 aromatic carbocycles. The molecule has 9 heteroatoms. The average molecular weight is 492 g/mol. The fourth-order valence-corrected chi connectivity index (χ4v) is 4.89. The first kappa shape index (κ1) is 23.0. The van der Waals surface area contributed by atoms with Crippen LogP contribution in [0.3, 0.4) is 0 Å². The number of carbonyl (C=O) groups is 1. The maximum absolute atomic E-state index is 13.5. The second-order valence-electron chi connectivity index (χ2n) is 8.14. The van der Waals surface area contributed by atoms with E-state index in [4.69, 9.17) is 18.9 Å². The number of thioether (sulfide) groups is 1. The summed E-state index contributed by atoms with van der Waals surface area (Å²) in [6.45, 7) is 4.32. The van der Waals surface area contributed by atoms with Crippen molar-refractivity contribution >= 4 is 34.3 Å². The van der Waals surface area contributed by atoms with Gasteiger partial charge in [-0.2, -0.15) is 0 Å². The Morgan fingerprint density at radius 1 is 1.14 bits per heavy atom. The van der Waals surface area contributed by atoms with Crippen LogP contribution in [0.25, 0.3) is 10.9 Å². The number of nitrogens with zero attached hydrogens (tertiary/aromatic N) is 2. The Labute approximate surface area is 206 Å². The Morgan fingerprint density at radius 2 is 1.91 bits per heavy atom. The van der Waals surface area contributed by atoms with E-state index in [2.05, 4.69) is 12.2 Å². The standard InChI is InChI=1S/C26H25N3O5S/c1-3-16-7-9-17(10-8-16)27-24(30)23(4-2)35-26-28-20-13-22-21(33-15-34-22)12-19(20)25(31)29(26)14-18-6-5-11-32-18/h5-13,23H,3-4,14-15H2,1-2H3,(H,27,30)/t23-/m0/s1. The Morgan fingerprint density at radius 3 is 2.60 bits per heavy atom. The largest absolute Gasteiger partial charge is 0.467 e. The maximum Gasteiger partial charge on any atom is 0.262 e. The number of aryl methyl sites for hydroxylation is 1. The van der Waals surface area contributed by atoms with Crippen molar-refractivity contribution in [3.63, 3.8) is 0 Å². The van der Waals surface area contributed by atoms with E-state index in [-0.39, 0.29) is 24.8 Å². The third-order valence-electron chi connectivity index (χ3n) is 5.85. The van der Waals surface area contributed by atoms with Crippen LogP contribution in [0.15, 0.2) is 69.2 Å². The van der Waals surface area contributed by atoms with Crippen molar-refractivity contribution in [3.05, 3.63) is 76.5 Å². The Bertz CT molecular complexity index is 1410.